The van der Waals surface area contributed by atoms with Crippen LogP contribution in [0.1, 0.15) is 40.9 Å². The van der Waals surface area contributed by atoms with Crippen molar-refractivity contribution in [3.63, 3.8) is 0 Å². The van der Waals surface area contributed by atoms with Crippen LogP contribution in [0.25, 0.3) is 0 Å². The molecule has 2 rings (SSSR count). The largest absolute Gasteiger partial charge is 0.369 e. The van der Waals surface area contributed by atoms with Gasteiger partial charge in [0.2, 0.25) is 5.91 Å². The van der Waals surface area contributed by atoms with Crippen molar-refractivity contribution in [3.05, 3.63) is 69.7 Å². The highest BCUT2D eigenvalue weighted by Gasteiger charge is 2.28. The molecule has 0 fully saturated rings. The molecule has 2 aromatic rings. The number of nitrogens with two attached hydrogens (primary N) is 2. The zero-order valence-electron chi connectivity index (χ0n) is 15.5. The van der Waals surface area contributed by atoms with Gasteiger partial charge in [0.15, 0.2) is 0 Å². The maximum atomic E-state index is 12.7. The molecule has 7 heteroatoms. The highest BCUT2D eigenvalue weighted by atomic mass is 35.5. The topological polar surface area (TPSA) is 110 Å². The van der Waals surface area contributed by atoms with Crippen LogP contribution < -0.4 is 22.3 Å². The molecule has 6 N–H and O–H groups in total. The van der Waals surface area contributed by atoms with Gasteiger partial charge in [-0.1, -0.05) is 55.8 Å². The van der Waals surface area contributed by atoms with E-state index >= 15 is 0 Å². The summed E-state index contributed by atoms with van der Waals surface area (Å²) in [7, 11) is 0. The minimum absolute atomic E-state index is 0.262. The third-order valence-corrected chi connectivity index (χ3v) is 4.83. The number of hydrogen-bond donors (Lipinski definition) is 4. The third kappa shape index (κ3) is 5.29. The predicted octanol–water partition coefficient (Wildman–Crippen LogP) is 2.29. The van der Waals surface area contributed by atoms with Crippen LogP contribution in [0.2, 0.25) is 5.02 Å². The average Bonchev–Trinajstić information content (AvgIpc) is 2.63. The number of halogens is 1. The molecular weight excluding hydrogens is 364 g/mol. The first-order valence-corrected chi connectivity index (χ1v) is 9.01. The summed E-state index contributed by atoms with van der Waals surface area (Å²) in [5.41, 5.74) is 18.9. The Hall–Kier alpha value is -2.41. The number of hydrogen-bond acceptors (Lipinski definition) is 4. The van der Waals surface area contributed by atoms with Gasteiger partial charge in [-0.05, 0) is 35.2 Å². The van der Waals surface area contributed by atoms with Gasteiger partial charge in [0.25, 0.3) is 5.91 Å². The molecule has 144 valence electrons. The molecule has 27 heavy (non-hydrogen) atoms. The van der Waals surface area contributed by atoms with Gasteiger partial charge < -0.3 is 11.5 Å². The molecule has 0 heterocycles. The summed E-state index contributed by atoms with van der Waals surface area (Å²) in [4.78, 5) is 24.4. The lowest BCUT2D eigenvalue weighted by atomic mass is 9.81. The SMILES string of the molecule is CC(C)(Cc1c(CN)cccc1C(=O)NNCc1ccccc1Cl)C(N)=O. The van der Waals surface area contributed by atoms with E-state index in [1.807, 2.05) is 24.3 Å². The molecule has 6 nitrogen and oxygen atoms in total. The second-order valence-electron chi connectivity index (χ2n) is 6.97. The molecule has 0 aliphatic rings. The number of hydrazine groups is 1. The lowest BCUT2D eigenvalue weighted by Gasteiger charge is -2.24. The first-order valence-electron chi connectivity index (χ1n) is 8.63. The maximum Gasteiger partial charge on any atom is 0.265 e. The van der Waals surface area contributed by atoms with E-state index in [-0.39, 0.29) is 12.5 Å². The van der Waals surface area contributed by atoms with Crippen molar-refractivity contribution in [3.8, 4) is 0 Å². The zero-order chi connectivity index (χ0) is 20.0. The Morgan fingerprint density at radius 2 is 1.74 bits per heavy atom. The van der Waals surface area contributed by atoms with E-state index in [9.17, 15) is 9.59 Å². The van der Waals surface area contributed by atoms with Crippen molar-refractivity contribution in [2.75, 3.05) is 0 Å². The molecule has 0 radical (unpaired) electrons. The number of nitrogens with one attached hydrogen (secondary N) is 2. The summed E-state index contributed by atoms with van der Waals surface area (Å²) in [6.45, 7) is 4.14. The van der Waals surface area contributed by atoms with Crippen molar-refractivity contribution in [1.29, 1.82) is 0 Å². The fourth-order valence-corrected chi connectivity index (χ4v) is 2.91. The van der Waals surface area contributed by atoms with Crippen molar-refractivity contribution >= 4 is 23.4 Å². The minimum Gasteiger partial charge on any atom is -0.369 e. The van der Waals surface area contributed by atoms with E-state index in [1.54, 1.807) is 32.0 Å². The summed E-state index contributed by atoms with van der Waals surface area (Å²) in [6.07, 6.45) is 0.322. The van der Waals surface area contributed by atoms with Crippen LogP contribution in [0.5, 0.6) is 0 Å². The molecule has 0 bridgehead atoms. The molecule has 2 aromatic carbocycles. The standard InChI is InChI=1S/C20H25ClN4O2/c1-20(2,19(23)27)10-16-13(11-22)7-5-8-15(16)18(26)25-24-12-14-6-3-4-9-17(14)21/h3-9,24H,10-12,22H2,1-2H3,(H2,23,27)(H,25,26). The molecule has 0 aliphatic heterocycles. The van der Waals surface area contributed by atoms with Crippen LogP contribution in [0.15, 0.2) is 42.5 Å². The first-order chi connectivity index (χ1) is 12.8. The quantitative estimate of drug-likeness (QED) is 0.520. The highest BCUT2D eigenvalue weighted by Crippen LogP contribution is 2.26. The number of rotatable bonds is 8. The number of carbonyl (C=O) groups excluding carboxylic acids is 2. The van der Waals surface area contributed by atoms with E-state index < -0.39 is 11.3 Å². The Morgan fingerprint density at radius 1 is 1.07 bits per heavy atom. The van der Waals surface area contributed by atoms with Crippen LogP contribution in [-0.2, 0) is 24.3 Å². The third-order valence-electron chi connectivity index (χ3n) is 4.46. The molecule has 0 unspecified atom stereocenters. The summed E-state index contributed by atoms with van der Waals surface area (Å²) < 4.78 is 0. The van der Waals surface area contributed by atoms with Gasteiger partial charge >= 0.3 is 0 Å². The van der Waals surface area contributed by atoms with Gasteiger partial charge in [0.05, 0.1) is 0 Å². The molecule has 0 spiro atoms. The molecule has 2 amide bonds. The molecule has 0 aromatic heterocycles. The van der Waals surface area contributed by atoms with Crippen molar-refractivity contribution in [1.82, 2.24) is 10.9 Å². The van der Waals surface area contributed by atoms with Gasteiger partial charge in [-0.2, -0.15) is 0 Å². The zero-order valence-corrected chi connectivity index (χ0v) is 16.3. The molecular formula is C20H25ClN4O2. The summed E-state index contributed by atoms with van der Waals surface area (Å²) in [5.74, 6) is -0.745. The van der Waals surface area contributed by atoms with Crippen LogP contribution in [-0.4, -0.2) is 11.8 Å². The number of carbonyl (C=O) groups is 2. The van der Waals surface area contributed by atoms with Gasteiger partial charge in [-0.3, -0.25) is 15.0 Å². The van der Waals surface area contributed by atoms with E-state index in [1.165, 1.54) is 0 Å². The number of benzene rings is 2. The minimum atomic E-state index is -0.800. The van der Waals surface area contributed by atoms with E-state index in [0.717, 1.165) is 16.7 Å². The Labute approximate surface area is 164 Å². The van der Waals surface area contributed by atoms with Crippen molar-refractivity contribution < 1.29 is 9.59 Å². The first kappa shape index (κ1) is 20.9. The van der Waals surface area contributed by atoms with Crippen molar-refractivity contribution in [2.24, 2.45) is 16.9 Å². The summed E-state index contributed by atoms with van der Waals surface area (Å²) in [6, 6.07) is 12.7. The van der Waals surface area contributed by atoms with Gasteiger partial charge in [-0.15, -0.1) is 0 Å². The summed E-state index contributed by atoms with van der Waals surface area (Å²) >= 11 is 6.11. The molecule has 0 saturated carbocycles. The predicted molar refractivity (Wildman–Crippen MR) is 107 cm³/mol. The smallest absolute Gasteiger partial charge is 0.265 e. The van der Waals surface area contributed by atoms with Crippen LogP contribution >= 0.6 is 11.6 Å². The Balaban J connectivity index is 2.17. The lowest BCUT2D eigenvalue weighted by Crippen LogP contribution is -2.39. The Bertz CT molecular complexity index is 836. The van der Waals surface area contributed by atoms with E-state index in [0.29, 0.717) is 23.6 Å². The molecule has 0 atom stereocenters. The monoisotopic (exact) mass is 388 g/mol. The fourth-order valence-electron chi connectivity index (χ4n) is 2.71. The van der Waals surface area contributed by atoms with Gasteiger partial charge in [0.1, 0.15) is 0 Å². The fraction of sp³-hybridized carbons (Fsp3) is 0.300. The van der Waals surface area contributed by atoms with Gasteiger partial charge in [-0.25, -0.2) is 5.43 Å². The number of amides is 2. The maximum absolute atomic E-state index is 12.7. The Kier molecular flexibility index (Phi) is 6.96. The normalized spacial score (nSPS) is 11.3. The average molecular weight is 389 g/mol. The second-order valence-corrected chi connectivity index (χ2v) is 7.38. The van der Waals surface area contributed by atoms with Crippen molar-refractivity contribution in [2.45, 2.75) is 33.4 Å². The van der Waals surface area contributed by atoms with Crippen LogP contribution in [0, 0.1) is 5.41 Å². The summed E-state index contributed by atoms with van der Waals surface area (Å²) in [5, 5.41) is 0.619. The Morgan fingerprint density at radius 3 is 2.37 bits per heavy atom. The highest BCUT2D eigenvalue weighted by molar-refractivity contribution is 6.31. The van der Waals surface area contributed by atoms with Gasteiger partial charge in [0, 0.05) is 29.1 Å². The van der Waals surface area contributed by atoms with Crippen LogP contribution in [0.3, 0.4) is 0 Å². The second kappa shape index (κ2) is 8.99. The molecule has 0 aliphatic carbocycles. The van der Waals surface area contributed by atoms with E-state index in [4.69, 9.17) is 23.1 Å². The number of primary amides is 1. The van der Waals surface area contributed by atoms with E-state index in [2.05, 4.69) is 10.9 Å². The lowest BCUT2D eigenvalue weighted by molar-refractivity contribution is -0.125. The molecule has 0 saturated heterocycles. The van der Waals surface area contributed by atoms with Crippen LogP contribution in [0.4, 0.5) is 0 Å².